The number of hydrogen-bond acceptors (Lipinski definition) is 8. The molecule has 4 amide bonds. The number of primary amides is 1. The van der Waals surface area contributed by atoms with Crippen molar-refractivity contribution < 1.29 is 39.0 Å². The van der Waals surface area contributed by atoms with Crippen LogP contribution in [0.15, 0.2) is 0 Å². The molecule has 170 valence electrons. The standard InChI is InChI=1S/C16H27N5O8S/c1-30-5-4-9(15(27)21-10(16(28)29)6-13(24)25)20-14(26)8(2-3-11(18)22)19-12(23)7-17/h8-10H,2-7,17H2,1H3,(H2,18,22)(H,19,23)(H,20,26)(H,21,27)(H,24,25)(H,28,29). The fourth-order valence-corrected chi connectivity index (χ4v) is 2.70. The summed E-state index contributed by atoms with van der Waals surface area (Å²) in [5.41, 5.74) is 10.3. The molecular weight excluding hydrogens is 422 g/mol. The Morgan fingerprint density at radius 1 is 0.900 bits per heavy atom. The van der Waals surface area contributed by atoms with Crippen LogP contribution < -0.4 is 27.4 Å². The second-order valence-electron chi connectivity index (χ2n) is 6.17. The highest BCUT2D eigenvalue weighted by Crippen LogP contribution is 2.05. The van der Waals surface area contributed by atoms with Gasteiger partial charge in [-0.05, 0) is 24.9 Å². The third-order valence-electron chi connectivity index (χ3n) is 3.75. The summed E-state index contributed by atoms with van der Waals surface area (Å²) in [6.07, 6.45) is 0.646. The smallest absolute Gasteiger partial charge is 0.326 e. The molecule has 0 aliphatic heterocycles. The van der Waals surface area contributed by atoms with Gasteiger partial charge in [-0.3, -0.25) is 24.0 Å². The van der Waals surface area contributed by atoms with Crippen molar-refractivity contribution in [3.63, 3.8) is 0 Å². The molecule has 0 aromatic carbocycles. The maximum Gasteiger partial charge on any atom is 0.326 e. The van der Waals surface area contributed by atoms with Crippen LogP contribution in [0.5, 0.6) is 0 Å². The summed E-state index contributed by atoms with van der Waals surface area (Å²) in [6, 6.07) is -4.09. The van der Waals surface area contributed by atoms with Crippen LogP contribution in [0.2, 0.25) is 0 Å². The van der Waals surface area contributed by atoms with E-state index in [0.717, 1.165) is 0 Å². The Balaban J connectivity index is 5.35. The molecule has 13 nitrogen and oxygen atoms in total. The molecular formula is C16H27N5O8S. The van der Waals surface area contributed by atoms with E-state index in [9.17, 15) is 28.8 Å². The molecule has 0 rings (SSSR count). The summed E-state index contributed by atoms with van der Waals surface area (Å²) in [7, 11) is 0. The first-order chi connectivity index (χ1) is 14.0. The number of carbonyl (C=O) groups is 6. The van der Waals surface area contributed by atoms with Gasteiger partial charge in [0.15, 0.2) is 0 Å². The van der Waals surface area contributed by atoms with Crippen LogP contribution in [0, 0.1) is 0 Å². The van der Waals surface area contributed by atoms with Gasteiger partial charge >= 0.3 is 11.9 Å². The van der Waals surface area contributed by atoms with Gasteiger partial charge in [-0.25, -0.2) is 4.79 Å². The molecule has 14 heteroatoms. The molecule has 0 aliphatic rings. The lowest BCUT2D eigenvalue weighted by Gasteiger charge is -2.24. The van der Waals surface area contributed by atoms with E-state index in [1.54, 1.807) is 6.26 Å². The zero-order chi connectivity index (χ0) is 23.3. The first kappa shape index (κ1) is 27.1. The molecule has 0 heterocycles. The average Bonchev–Trinajstić information content (AvgIpc) is 2.66. The predicted octanol–water partition coefficient (Wildman–Crippen LogP) is -3.02. The zero-order valence-corrected chi connectivity index (χ0v) is 17.2. The van der Waals surface area contributed by atoms with Gasteiger partial charge in [0.1, 0.15) is 18.1 Å². The number of nitrogens with one attached hydrogen (secondary N) is 3. The Bertz CT molecular complexity index is 660. The average molecular weight is 449 g/mol. The van der Waals surface area contributed by atoms with Crippen molar-refractivity contribution in [2.45, 2.75) is 43.8 Å². The number of aliphatic carboxylic acids is 2. The molecule has 0 fully saturated rings. The number of rotatable bonds is 15. The number of amides is 4. The van der Waals surface area contributed by atoms with Crippen LogP contribution in [0.25, 0.3) is 0 Å². The Kier molecular flexibility index (Phi) is 12.8. The number of nitrogens with two attached hydrogens (primary N) is 2. The lowest BCUT2D eigenvalue weighted by Crippen LogP contribution is -2.56. The van der Waals surface area contributed by atoms with Crippen LogP contribution in [0.1, 0.15) is 25.7 Å². The molecule has 0 bridgehead atoms. The third-order valence-corrected chi connectivity index (χ3v) is 4.40. The minimum Gasteiger partial charge on any atom is -0.481 e. The van der Waals surface area contributed by atoms with Crippen LogP contribution in [-0.2, 0) is 28.8 Å². The second-order valence-corrected chi connectivity index (χ2v) is 7.15. The highest BCUT2D eigenvalue weighted by atomic mass is 32.2. The van der Waals surface area contributed by atoms with Gasteiger partial charge in [0.05, 0.1) is 13.0 Å². The lowest BCUT2D eigenvalue weighted by atomic mass is 10.1. The van der Waals surface area contributed by atoms with Crippen molar-refractivity contribution in [2.24, 2.45) is 11.5 Å². The van der Waals surface area contributed by atoms with Gasteiger partial charge in [0, 0.05) is 6.42 Å². The summed E-state index contributed by atoms with van der Waals surface area (Å²) >= 11 is 1.36. The van der Waals surface area contributed by atoms with E-state index >= 15 is 0 Å². The Labute approximate surface area is 176 Å². The maximum atomic E-state index is 12.6. The minimum absolute atomic E-state index is 0.103. The van der Waals surface area contributed by atoms with E-state index < -0.39 is 66.7 Å². The molecule has 0 saturated heterocycles. The van der Waals surface area contributed by atoms with Gasteiger partial charge in [-0.15, -0.1) is 0 Å². The number of thioether (sulfide) groups is 1. The van der Waals surface area contributed by atoms with Gasteiger partial charge in [0.2, 0.25) is 23.6 Å². The maximum absolute atomic E-state index is 12.6. The van der Waals surface area contributed by atoms with E-state index in [-0.39, 0.29) is 19.3 Å². The molecule has 3 unspecified atom stereocenters. The number of hydrogen-bond donors (Lipinski definition) is 7. The molecule has 0 aromatic rings. The molecule has 9 N–H and O–H groups in total. The summed E-state index contributed by atoms with van der Waals surface area (Å²) < 4.78 is 0. The fraction of sp³-hybridized carbons (Fsp3) is 0.625. The molecule has 0 aliphatic carbocycles. The van der Waals surface area contributed by atoms with Crippen molar-refractivity contribution in [2.75, 3.05) is 18.6 Å². The van der Waals surface area contributed by atoms with E-state index in [0.29, 0.717) is 5.75 Å². The Morgan fingerprint density at radius 2 is 1.43 bits per heavy atom. The molecule has 30 heavy (non-hydrogen) atoms. The second kappa shape index (κ2) is 14.2. The van der Waals surface area contributed by atoms with Crippen LogP contribution in [0.3, 0.4) is 0 Å². The highest BCUT2D eigenvalue weighted by molar-refractivity contribution is 7.98. The van der Waals surface area contributed by atoms with E-state index in [2.05, 4.69) is 16.0 Å². The summed E-state index contributed by atoms with van der Waals surface area (Å²) in [5, 5.41) is 24.6. The van der Waals surface area contributed by atoms with Gasteiger partial charge in [-0.1, -0.05) is 0 Å². The van der Waals surface area contributed by atoms with Crippen LogP contribution in [0.4, 0.5) is 0 Å². The lowest BCUT2D eigenvalue weighted by molar-refractivity contribution is -0.147. The molecule has 0 aromatic heterocycles. The van der Waals surface area contributed by atoms with Crippen molar-refractivity contribution >= 4 is 47.3 Å². The van der Waals surface area contributed by atoms with Crippen molar-refractivity contribution in [3.05, 3.63) is 0 Å². The van der Waals surface area contributed by atoms with Crippen molar-refractivity contribution in [1.82, 2.24) is 16.0 Å². The number of carboxylic acids is 2. The fourth-order valence-electron chi connectivity index (χ4n) is 2.23. The normalized spacial score (nSPS) is 13.4. The van der Waals surface area contributed by atoms with Crippen molar-refractivity contribution in [1.29, 1.82) is 0 Å². The van der Waals surface area contributed by atoms with Crippen LogP contribution in [-0.4, -0.2) is 82.5 Å². The largest absolute Gasteiger partial charge is 0.481 e. The molecule has 0 radical (unpaired) electrons. The molecule has 0 saturated carbocycles. The minimum atomic E-state index is -1.69. The third kappa shape index (κ3) is 11.2. The van der Waals surface area contributed by atoms with E-state index in [1.165, 1.54) is 11.8 Å². The Morgan fingerprint density at radius 3 is 1.87 bits per heavy atom. The highest BCUT2D eigenvalue weighted by Gasteiger charge is 2.30. The number of carbonyl (C=O) groups excluding carboxylic acids is 4. The van der Waals surface area contributed by atoms with Gasteiger partial charge in [-0.2, -0.15) is 11.8 Å². The van der Waals surface area contributed by atoms with Crippen LogP contribution >= 0.6 is 11.8 Å². The first-order valence-electron chi connectivity index (χ1n) is 8.83. The zero-order valence-electron chi connectivity index (χ0n) is 16.4. The predicted molar refractivity (Wildman–Crippen MR) is 106 cm³/mol. The number of carboxylic acid groups (broad SMARTS) is 2. The SMILES string of the molecule is CSCCC(NC(=O)C(CCC(N)=O)NC(=O)CN)C(=O)NC(CC(=O)O)C(=O)O. The summed E-state index contributed by atoms with van der Waals surface area (Å²) in [4.78, 5) is 69.6. The topological polar surface area (TPSA) is 231 Å². The summed E-state index contributed by atoms with van der Waals surface area (Å²) in [5.74, 6) is -5.63. The first-order valence-corrected chi connectivity index (χ1v) is 10.2. The monoisotopic (exact) mass is 449 g/mol. The van der Waals surface area contributed by atoms with E-state index in [4.69, 9.17) is 21.7 Å². The van der Waals surface area contributed by atoms with Gasteiger partial charge in [0.25, 0.3) is 0 Å². The quantitative estimate of drug-likeness (QED) is 0.134. The van der Waals surface area contributed by atoms with E-state index in [1.807, 2.05) is 0 Å². The molecule has 3 atom stereocenters. The summed E-state index contributed by atoms with van der Waals surface area (Å²) in [6.45, 7) is -0.410. The molecule has 0 spiro atoms. The van der Waals surface area contributed by atoms with Gasteiger partial charge < -0.3 is 37.6 Å². The van der Waals surface area contributed by atoms with Crippen molar-refractivity contribution in [3.8, 4) is 0 Å². The Hall–Kier alpha value is -2.87.